The number of hydrogen-bond acceptors (Lipinski definition) is 5. The number of aromatic nitrogens is 3. The first kappa shape index (κ1) is 14.6. The van der Waals surface area contributed by atoms with Gasteiger partial charge in [-0.3, -0.25) is 0 Å². The molecule has 102 valence electrons. The smallest absolute Gasteiger partial charge is 0.191 e. The maximum atomic E-state index is 4.73. The number of rotatable bonds is 2. The van der Waals surface area contributed by atoms with E-state index in [-0.39, 0.29) is 5.41 Å². The summed E-state index contributed by atoms with van der Waals surface area (Å²) in [6, 6.07) is 0. The lowest BCUT2D eigenvalue weighted by Gasteiger charge is -2.21. The van der Waals surface area contributed by atoms with Crippen LogP contribution in [0, 0.1) is 10.5 Å². The molecule has 0 atom stereocenters. The highest BCUT2D eigenvalue weighted by Gasteiger charge is 2.23. The fraction of sp³-hybridized carbons (Fsp3) is 0.462. The predicted octanol–water partition coefficient (Wildman–Crippen LogP) is 3.85. The van der Waals surface area contributed by atoms with E-state index < -0.39 is 0 Å². The van der Waals surface area contributed by atoms with Crippen LogP contribution in [0.5, 0.6) is 0 Å². The van der Waals surface area contributed by atoms with Gasteiger partial charge in [0.2, 0.25) is 0 Å². The largest absolute Gasteiger partial charge is 0.372 e. The number of halogens is 1. The van der Waals surface area contributed by atoms with Gasteiger partial charge in [-0.05, 0) is 29.5 Å². The summed E-state index contributed by atoms with van der Waals surface area (Å²) in [5, 5.41) is 6.03. The fourth-order valence-electron chi connectivity index (χ4n) is 1.66. The van der Waals surface area contributed by atoms with Crippen LogP contribution < -0.4 is 5.32 Å². The highest BCUT2D eigenvalue weighted by Crippen LogP contribution is 2.32. The third-order valence-electron chi connectivity index (χ3n) is 2.61. The minimum absolute atomic E-state index is 0.0217. The minimum Gasteiger partial charge on any atom is -0.372 e. The number of aryl methyl sites for hydroxylation is 1. The van der Waals surface area contributed by atoms with Crippen LogP contribution in [0.2, 0.25) is 0 Å². The molecule has 0 saturated carbocycles. The summed E-state index contributed by atoms with van der Waals surface area (Å²) in [4.78, 5) is 13.8. The van der Waals surface area contributed by atoms with E-state index in [0.717, 1.165) is 25.8 Å². The molecule has 0 bridgehead atoms. The summed E-state index contributed by atoms with van der Waals surface area (Å²) >= 11 is 3.88. The molecule has 0 aromatic carbocycles. The summed E-state index contributed by atoms with van der Waals surface area (Å²) in [6.45, 7) is 8.46. The Morgan fingerprint density at radius 3 is 2.37 bits per heavy atom. The van der Waals surface area contributed by atoms with Gasteiger partial charge in [-0.15, -0.1) is 11.3 Å². The van der Waals surface area contributed by atoms with Crippen molar-refractivity contribution in [3.8, 4) is 10.8 Å². The van der Waals surface area contributed by atoms with Crippen molar-refractivity contribution < 1.29 is 0 Å². The Bertz CT molecular complexity index is 601. The Morgan fingerprint density at radius 1 is 1.21 bits per heavy atom. The molecular formula is C13H17IN4S. The van der Waals surface area contributed by atoms with Gasteiger partial charge in [0.15, 0.2) is 10.8 Å². The molecule has 0 fully saturated rings. The van der Waals surface area contributed by atoms with E-state index in [1.165, 1.54) is 0 Å². The zero-order valence-electron chi connectivity index (χ0n) is 11.7. The Hall–Kier alpha value is -0.760. The van der Waals surface area contributed by atoms with Crippen molar-refractivity contribution in [2.24, 2.45) is 0 Å². The van der Waals surface area contributed by atoms with Gasteiger partial charge < -0.3 is 5.32 Å². The molecule has 0 aliphatic carbocycles. The van der Waals surface area contributed by atoms with Crippen LogP contribution in [-0.4, -0.2) is 22.0 Å². The van der Waals surface area contributed by atoms with Crippen molar-refractivity contribution in [2.75, 3.05) is 12.4 Å². The molecule has 4 nitrogen and oxygen atoms in total. The molecule has 2 aromatic rings. The highest BCUT2D eigenvalue weighted by molar-refractivity contribution is 14.1. The average Bonchev–Trinajstić information content (AvgIpc) is 2.74. The summed E-state index contributed by atoms with van der Waals surface area (Å²) in [7, 11) is 1.88. The zero-order chi connectivity index (χ0) is 14.2. The van der Waals surface area contributed by atoms with Gasteiger partial charge in [0.1, 0.15) is 5.82 Å². The molecule has 1 N–H and O–H groups in total. The van der Waals surface area contributed by atoms with Crippen molar-refractivity contribution in [1.82, 2.24) is 15.0 Å². The lowest BCUT2D eigenvalue weighted by Crippen LogP contribution is -2.18. The van der Waals surface area contributed by atoms with Gasteiger partial charge in [0.05, 0.1) is 9.26 Å². The summed E-state index contributed by atoms with van der Waals surface area (Å²) < 4.78 is 1.07. The van der Waals surface area contributed by atoms with E-state index in [2.05, 4.69) is 58.6 Å². The maximum Gasteiger partial charge on any atom is 0.191 e. The second-order valence-electron chi connectivity index (χ2n) is 5.35. The Balaban J connectivity index is 2.64. The van der Waals surface area contributed by atoms with Crippen molar-refractivity contribution in [2.45, 2.75) is 33.1 Å². The van der Waals surface area contributed by atoms with E-state index in [9.17, 15) is 0 Å². The first-order chi connectivity index (χ1) is 8.82. The van der Waals surface area contributed by atoms with Crippen LogP contribution in [-0.2, 0) is 5.41 Å². The third kappa shape index (κ3) is 3.05. The Labute approximate surface area is 131 Å². The topological polar surface area (TPSA) is 50.7 Å². The standard InChI is InChI=1S/C13H17IN4S/c1-7-6-19-12(16-7)11-17-9(13(2,3)4)8(14)10(15-5)18-11/h6H,1-5H3,(H,15,17,18). The van der Waals surface area contributed by atoms with Gasteiger partial charge in [0, 0.05) is 23.5 Å². The van der Waals surface area contributed by atoms with E-state index in [0.29, 0.717) is 5.82 Å². The van der Waals surface area contributed by atoms with Gasteiger partial charge in [-0.25, -0.2) is 15.0 Å². The van der Waals surface area contributed by atoms with Gasteiger partial charge in [-0.1, -0.05) is 20.8 Å². The summed E-state index contributed by atoms with van der Waals surface area (Å²) in [5.74, 6) is 1.57. The van der Waals surface area contributed by atoms with Crippen molar-refractivity contribution >= 4 is 39.7 Å². The molecule has 2 heterocycles. The molecule has 0 aliphatic rings. The number of thiazole rings is 1. The molecule has 0 aliphatic heterocycles. The predicted molar refractivity (Wildman–Crippen MR) is 88.8 cm³/mol. The van der Waals surface area contributed by atoms with Crippen molar-refractivity contribution in [3.63, 3.8) is 0 Å². The third-order valence-corrected chi connectivity index (χ3v) is 4.59. The summed E-state index contributed by atoms with van der Waals surface area (Å²) in [5.41, 5.74) is 2.03. The number of hydrogen-bond donors (Lipinski definition) is 1. The molecular weight excluding hydrogens is 371 g/mol. The van der Waals surface area contributed by atoms with E-state index in [4.69, 9.17) is 4.98 Å². The maximum absolute atomic E-state index is 4.73. The fourth-order valence-corrected chi connectivity index (χ4v) is 3.71. The van der Waals surface area contributed by atoms with E-state index >= 15 is 0 Å². The molecule has 2 aromatic heterocycles. The molecule has 0 saturated heterocycles. The first-order valence-corrected chi connectivity index (χ1v) is 7.97. The van der Waals surface area contributed by atoms with Crippen LogP contribution >= 0.6 is 33.9 Å². The Kier molecular flexibility index (Phi) is 4.10. The number of anilines is 1. The second kappa shape index (κ2) is 5.32. The monoisotopic (exact) mass is 388 g/mol. The van der Waals surface area contributed by atoms with E-state index in [1.807, 2.05) is 19.4 Å². The molecule has 19 heavy (non-hydrogen) atoms. The zero-order valence-corrected chi connectivity index (χ0v) is 14.7. The molecule has 2 rings (SSSR count). The van der Waals surface area contributed by atoms with Crippen LogP contribution in [0.25, 0.3) is 10.8 Å². The van der Waals surface area contributed by atoms with Crippen LogP contribution in [0.4, 0.5) is 5.82 Å². The molecule has 0 unspecified atom stereocenters. The number of nitrogens with zero attached hydrogens (tertiary/aromatic N) is 3. The Morgan fingerprint density at radius 2 is 1.89 bits per heavy atom. The molecule has 6 heteroatoms. The SMILES string of the molecule is CNc1nc(-c2nc(C)cs2)nc(C(C)(C)C)c1I. The lowest BCUT2D eigenvalue weighted by molar-refractivity contribution is 0.564. The van der Waals surface area contributed by atoms with Gasteiger partial charge >= 0.3 is 0 Å². The average molecular weight is 388 g/mol. The highest BCUT2D eigenvalue weighted by atomic mass is 127. The minimum atomic E-state index is -0.0217. The molecule has 0 radical (unpaired) electrons. The van der Waals surface area contributed by atoms with Crippen LogP contribution in [0.15, 0.2) is 5.38 Å². The summed E-state index contributed by atoms with van der Waals surface area (Å²) in [6.07, 6.45) is 0. The van der Waals surface area contributed by atoms with Gasteiger partial charge in [-0.2, -0.15) is 0 Å². The van der Waals surface area contributed by atoms with Gasteiger partial charge in [0.25, 0.3) is 0 Å². The molecule has 0 amide bonds. The first-order valence-electron chi connectivity index (χ1n) is 6.01. The normalized spacial score (nSPS) is 11.7. The van der Waals surface area contributed by atoms with Crippen molar-refractivity contribution in [1.29, 1.82) is 0 Å². The van der Waals surface area contributed by atoms with Crippen molar-refractivity contribution in [3.05, 3.63) is 20.3 Å². The quantitative estimate of drug-likeness (QED) is 0.794. The van der Waals surface area contributed by atoms with E-state index in [1.54, 1.807) is 11.3 Å². The number of nitrogens with one attached hydrogen (secondary N) is 1. The van der Waals surface area contributed by atoms with Crippen LogP contribution in [0.1, 0.15) is 32.2 Å². The second-order valence-corrected chi connectivity index (χ2v) is 7.29. The lowest BCUT2D eigenvalue weighted by atomic mass is 9.92. The molecule has 0 spiro atoms. The van der Waals surface area contributed by atoms with Crippen LogP contribution in [0.3, 0.4) is 0 Å².